The molecule has 0 fully saturated rings. The van der Waals surface area contributed by atoms with Crippen LogP contribution < -0.4 is 10.5 Å². The zero-order valence-electron chi connectivity index (χ0n) is 30.0. The molecule has 52 heavy (non-hydrogen) atoms. The summed E-state index contributed by atoms with van der Waals surface area (Å²) in [7, 11) is -3.00. The minimum absolute atomic E-state index is 0.193. The van der Waals surface area contributed by atoms with Gasteiger partial charge in [-0.05, 0) is 67.0 Å². The minimum Gasteiger partial charge on any atom is -0.468 e. The normalized spacial score (nSPS) is 19.2. The summed E-state index contributed by atoms with van der Waals surface area (Å²) in [4.78, 5) is 33.1. The maximum absolute atomic E-state index is 15.8. The van der Waals surface area contributed by atoms with Crippen LogP contribution in [0.5, 0.6) is 11.5 Å². The summed E-state index contributed by atoms with van der Waals surface area (Å²) in [5, 5.41) is -1.09. The average molecular weight is 732 g/mol. The Kier molecular flexibility index (Phi) is 12.2. The molecule has 2 bridgehead atoms. The molecule has 276 valence electrons. The van der Waals surface area contributed by atoms with Crippen molar-refractivity contribution in [3.8, 4) is 11.5 Å². The third-order valence-corrected chi connectivity index (χ3v) is 11.7. The first-order valence-corrected chi connectivity index (χ1v) is 19.1. The van der Waals surface area contributed by atoms with Crippen LogP contribution in [0.25, 0.3) is 16.6 Å². The van der Waals surface area contributed by atoms with Crippen molar-refractivity contribution in [2.75, 3.05) is 19.5 Å². The van der Waals surface area contributed by atoms with E-state index in [4.69, 9.17) is 24.9 Å². The van der Waals surface area contributed by atoms with E-state index >= 15 is 4.39 Å². The summed E-state index contributed by atoms with van der Waals surface area (Å²) >= 11 is 0. The van der Waals surface area contributed by atoms with E-state index in [1.165, 1.54) is 6.07 Å². The molecule has 2 heterocycles. The molecule has 1 aliphatic rings. The molecule has 3 N–H and O–H groups in total. The van der Waals surface area contributed by atoms with Crippen LogP contribution in [0.3, 0.4) is 0 Å². The van der Waals surface area contributed by atoms with Gasteiger partial charge in [-0.1, -0.05) is 56.7 Å². The molecule has 12 heteroatoms. The number of aromatic nitrogens is 1. The number of allylic oxidation sites excluding steroid dienone is 1. The van der Waals surface area contributed by atoms with E-state index in [2.05, 4.69) is 4.98 Å². The van der Waals surface area contributed by atoms with E-state index in [9.17, 15) is 18.0 Å². The molecular weight excluding hydrogens is 686 g/mol. The maximum Gasteiger partial charge on any atom is 0.324 e. The van der Waals surface area contributed by atoms with Gasteiger partial charge in [0.25, 0.3) is 0 Å². The van der Waals surface area contributed by atoms with Crippen LogP contribution in [0.1, 0.15) is 74.8 Å². The first-order chi connectivity index (χ1) is 24.8. The molecule has 1 aromatic heterocycles. The fourth-order valence-corrected chi connectivity index (χ4v) is 8.89. The van der Waals surface area contributed by atoms with E-state index in [1.807, 2.05) is 38.1 Å². The van der Waals surface area contributed by atoms with Gasteiger partial charge in [0.05, 0.1) is 25.5 Å². The smallest absolute Gasteiger partial charge is 0.324 e. The Labute approximate surface area is 304 Å². The number of nitrogens with one attached hydrogen (secondary N) is 1. The second-order valence-corrected chi connectivity index (χ2v) is 16.0. The first kappa shape index (κ1) is 38.3. The third-order valence-electron chi connectivity index (χ3n) is 9.24. The number of hydrogen-bond donors (Lipinski definition) is 2. The number of ether oxygens (including phenoxy) is 3. The van der Waals surface area contributed by atoms with Crippen LogP contribution in [-0.2, 0) is 41.7 Å². The predicted octanol–water partition coefficient (Wildman–Crippen LogP) is 7.42. The quantitative estimate of drug-likeness (QED) is 0.195. The lowest BCUT2D eigenvalue weighted by Crippen LogP contribution is -2.39. The number of fused-ring (bicyclic) bond motifs is 5. The Hall–Kier alpha value is -4.97. The van der Waals surface area contributed by atoms with Crippen molar-refractivity contribution in [2.24, 2.45) is 16.1 Å². The summed E-state index contributed by atoms with van der Waals surface area (Å²) in [5.41, 5.74) is 9.32. The molecular formula is C40H46FN3O7S. The van der Waals surface area contributed by atoms with Crippen molar-refractivity contribution >= 4 is 44.6 Å². The minimum atomic E-state index is -4.14. The van der Waals surface area contributed by atoms with E-state index in [1.54, 1.807) is 55.7 Å². The van der Waals surface area contributed by atoms with Gasteiger partial charge in [-0.15, -0.1) is 0 Å². The Bertz CT molecular complexity index is 2090. The standard InChI is InChI=1S/C40H46FN3O7S/c1-5-50-37(45)15-14-26-9-6-11-28(21-26)34-13-8-18-40(2,3)25-52(47,48)36(39(46)49-4)23-31-30-16-19-44-35(30)24-32(41)38(31)51-29-12-7-10-27(22-29)33(42)17-20-43-34/h6-7,9-12,16-17,19-22,24,34,36,44H,5,8,13-15,18,23,25,42H2,1-4H3. The highest BCUT2D eigenvalue weighted by molar-refractivity contribution is 7.92. The zero-order valence-corrected chi connectivity index (χ0v) is 30.8. The summed E-state index contributed by atoms with van der Waals surface area (Å²) in [5.74, 6) is -2.16. The number of halogens is 1. The number of nitrogens with two attached hydrogens (primary N) is 1. The Morgan fingerprint density at radius 1 is 1.12 bits per heavy atom. The van der Waals surface area contributed by atoms with Crippen molar-refractivity contribution in [3.05, 3.63) is 101 Å². The molecule has 5 rings (SSSR count). The fourth-order valence-electron chi connectivity index (χ4n) is 6.64. The number of aryl methyl sites for hydroxylation is 1. The molecule has 0 saturated carbocycles. The number of rotatable bonds is 6. The predicted molar refractivity (Wildman–Crippen MR) is 200 cm³/mol. The van der Waals surface area contributed by atoms with Crippen LogP contribution in [-0.4, -0.2) is 56.3 Å². The van der Waals surface area contributed by atoms with Crippen molar-refractivity contribution in [1.82, 2.24) is 4.98 Å². The maximum atomic E-state index is 15.8. The molecule has 3 aromatic carbocycles. The second kappa shape index (κ2) is 16.6. The number of carbonyl (C=O) groups is 2. The number of benzene rings is 3. The summed E-state index contributed by atoms with van der Waals surface area (Å²) in [6, 6.07) is 17.4. The fraction of sp³-hybridized carbons (Fsp3) is 0.375. The molecule has 2 atom stereocenters. The lowest BCUT2D eigenvalue weighted by Gasteiger charge is -2.27. The highest BCUT2D eigenvalue weighted by atomic mass is 32.2. The van der Waals surface area contributed by atoms with Crippen molar-refractivity contribution in [2.45, 2.75) is 70.6 Å². The average Bonchev–Trinajstić information content (AvgIpc) is 3.57. The molecule has 1 aliphatic heterocycles. The number of aromatic amines is 1. The van der Waals surface area contributed by atoms with E-state index in [0.29, 0.717) is 54.5 Å². The second-order valence-electron chi connectivity index (χ2n) is 13.8. The van der Waals surface area contributed by atoms with Gasteiger partial charge in [-0.3, -0.25) is 14.6 Å². The van der Waals surface area contributed by atoms with E-state index in [-0.39, 0.29) is 47.7 Å². The van der Waals surface area contributed by atoms with Gasteiger partial charge in [0.15, 0.2) is 26.7 Å². The van der Waals surface area contributed by atoms with Crippen LogP contribution in [0.2, 0.25) is 0 Å². The molecule has 10 nitrogen and oxygen atoms in total. The molecule has 0 aliphatic carbocycles. The van der Waals surface area contributed by atoms with Crippen LogP contribution in [0, 0.1) is 11.2 Å². The Balaban J connectivity index is 1.57. The number of nitrogens with zero attached hydrogens (tertiary/aromatic N) is 1. The highest BCUT2D eigenvalue weighted by Gasteiger charge is 2.39. The van der Waals surface area contributed by atoms with Gasteiger partial charge >= 0.3 is 11.9 Å². The largest absolute Gasteiger partial charge is 0.468 e. The molecule has 0 saturated heterocycles. The lowest BCUT2D eigenvalue weighted by molar-refractivity contribution is -0.143. The Morgan fingerprint density at radius 3 is 2.67 bits per heavy atom. The van der Waals surface area contributed by atoms with Crippen molar-refractivity contribution < 1.29 is 36.6 Å². The van der Waals surface area contributed by atoms with E-state index < -0.39 is 32.3 Å². The molecule has 0 amide bonds. The SMILES string of the molecule is CCOC(=O)CCc1cccc(C2CCCC(C)(C)CS(=O)(=O)C(C(=O)OC)Cc3c(c(F)cc4[nH]ccc34)Oc3cccc(c3)C(N)=CC=N2)c1. The number of methoxy groups -OCH3 is 1. The monoisotopic (exact) mass is 731 g/mol. The Morgan fingerprint density at radius 2 is 1.90 bits per heavy atom. The van der Waals surface area contributed by atoms with Crippen LogP contribution >= 0.6 is 0 Å². The zero-order chi connectivity index (χ0) is 37.5. The number of carbonyl (C=O) groups excluding carboxylic acids is 2. The summed E-state index contributed by atoms with van der Waals surface area (Å²) in [6.07, 6.45) is 7.10. The summed E-state index contributed by atoms with van der Waals surface area (Å²) < 4.78 is 60.4. The van der Waals surface area contributed by atoms with Gasteiger partial charge in [0.2, 0.25) is 0 Å². The molecule has 4 aromatic rings. The highest BCUT2D eigenvalue weighted by Crippen LogP contribution is 2.38. The number of esters is 2. The third kappa shape index (κ3) is 9.47. The molecule has 0 spiro atoms. The number of hydrogen-bond acceptors (Lipinski definition) is 9. The van der Waals surface area contributed by atoms with E-state index in [0.717, 1.165) is 18.2 Å². The van der Waals surface area contributed by atoms with Gasteiger partial charge in [-0.25, -0.2) is 12.8 Å². The van der Waals surface area contributed by atoms with Crippen LogP contribution in [0.15, 0.2) is 77.9 Å². The molecule has 0 radical (unpaired) electrons. The molecule has 2 unspecified atom stereocenters. The summed E-state index contributed by atoms with van der Waals surface area (Å²) in [6.45, 7) is 5.81. The lowest BCUT2D eigenvalue weighted by atomic mass is 9.87. The van der Waals surface area contributed by atoms with Gasteiger partial charge < -0.3 is 24.9 Å². The number of H-pyrrole nitrogens is 1. The van der Waals surface area contributed by atoms with Gasteiger partial charge in [0.1, 0.15) is 5.75 Å². The topological polar surface area (TPSA) is 150 Å². The number of aliphatic imine (C=N–C) groups is 1. The van der Waals surface area contributed by atoms with Gasteiger partial charge in [-0.2, -0.15) is 0 Å². The number of sulfone groups is 1. The van der Waals surface area contributed by atoms with Crippen molar-refractivity contribution in [3.63, 3.8) is 0 Å². The van der Waals surface area contributed by atoms with Crippen molar-refractivity contribution in [1.29, 1.82) is 0 Å². The van der Waals surface area contributed by atoms with Gasteiger partial charge in [0, 0.05) is 59.0 Å². The first-order valence-electron chi connectivity index (χ1n) is 17.4. The van der Waals surface area contributed by atoms with Crippen LogP contribution in [0.4, 0.5) is 4.39 Å².